The molecule has 0 aliphatic heterocycles. The number of hydrogen-bond donors (Lipinski definition) is 1. The molecule has 5 rings (SSSR count). The average Bonchev–Trinajstić information content (AvgIpc) is 3.17. The Morgan fingerprint density at radius 3 is 2.68 bits per heavy atom. The number of nitrogens with one attached hydrogen (secondary N) is 1. The van der Waals surface area contributed by atoms with E-state index in [-0.39, 0.29) is 5.56 Å². The van der Waals surface area contributed by atoms with Gasteiger partial charge in [-0.1, -0.05) is 54.1 Å². The fraction of sp³-hybridized carbons (Fsp3) is 0.208. The third kappa shape index (κ3) is 4.13. The number of benzene rings is 2. The van der Waals surface area contributed by atoms with Crippen molar-refractivity contribution in [3.63, 3.8) is 0 Å². The van der Waals surface area contributed by atoms with Crippen molar-refractivity contribution in [3.05, 3.63) is 91.5 Å². The van der Waals surface area contributed by atoms with Crippen molar-refractivity contribution in [1.82, 2.24) is 9.55 Å². The number of hydrazone groups is 1. The van der Waals surface area contributed by atoms with E-state index in [4.69, 9.17) is 16.6 Å². The molecule has 0 saturated heterocycles. The summed E-state index contributed by atoms with van der Waals surface area (Å²) in [6.07, 6.45) is 5.99. The SMILES string of the molecule is O=c1c2c3c(sc2nc(N/N=C\c2ccc(Cl)cc2)n1Cc1ccccc1)CCCC3. The van der Waals surface area contributed by atoms with Gasteiger partial charge in [-0.3, -0.25) is 9.36 Å². The Bertz CT molecular complexity index is 1310. The molecule has 2 aromatic carbocycles. The zero-order chi connectivity index (χ0) is 21.2. The number of aromatic nitrogens is 2. The molecule has 0 spiro atoms. The summed E-state index contributed by atoms with van der Waals surface area (Å²) in [5.74, 6) is 0.449. The smallest absolute Gasteiger partial charge is 0.264 e. The summed E-state index contributed by atoms with van der Waals surface area (Å²) in [6, 6.07) is 17.3. The molecule has 1 aliphatic carbocycles. The number of thiophene rings is 1. The molecule has 0 amide bonds. The maximum Gasteiger partial charge on any atom is 0.264 e. The zero-order valence-corrected chi connectivity index (χ0v) is 18.4. The van der Waals surface area contributed by atoms with Crippen LogP contribution < -0.4 is 11.0 Å². The first-order valence-electron chi connectivity index (χ1n) is 10.3. The number of anilines is 1. The fourth-order valence-electron chi connectivity index (χ4n) is 3.95. The first kappa shape index (κ1) is 20.0. The summed E-state index contributed by atoms with van der Waals surface area (Å²) >= 11 is 7.59. The van der Waals surface area contributed by atoms with Crippen molar-refractivity contribution < 1.29 is 0 Å². The summed E-state index contributed by atoms with van der Waals surface area (Å²) in [7, 11) is 0. The Morgan fingerprint density at radius 2 is 1.87 bits per heavy atom. The first-order valence-corrected chi connectivity index (χ1v) is 11.5. The third-order valence-corrected chi connectivity index (χ3v) is 6.94. The van der Waals surface area contributed by atoms with Crippen LogP contribution in [0, 0.1) is 0 Å². The predicted molar refractivity (Wildman–Crippen MR) is 129 cm³/mol. The molecule has 31 heavy (non-hydrogen) atoms. The van der Waals surface area contributed by atoms with Crippen LogP contribution in [0.1, 0.15) is 34.4 Å². The van der Waals surface area contributed by atoms with E-state index in [2.05, 4.69) is 10.5 Å². The molecule has 4 aromatic rings. The molecular weight excluding hydrogens is 428 g/mol. The second-order valence-corrected chi connectivity index (χ2v) is 9.14. The molecule has 2 aromatic heterocycles. The zero-order valence-electron chi connectivity index (χ0n) is 16.8. The molecule has 1 aliphatic rings. The lowest BCUT2D eigenvalue weighted by molar-refractivity contribution is 0.698. The summed E-state index contributed by atoms with van der Waals surface area (Å²) < 4.78 is 1.69. The van der Waals surface area contributed by atoms with Crippen molar-refractivity contribution in [2.24, 2.45) is 5.10 Å². The van der Waals surface area contributed by atoms with Crippen LogP contribution in [0.4, 0.5) is 5.95 Å². The van der Waals surface area contributed by atoms with Gasteiger partial charge in [-0.15, -0.1) is 11.3 Å². The van der Waals surface area contributed by atoms with Crippen molar-refractivity contribution in [1.29, 1.82) is 0 Å². The molecule has 7 heteroatoms. The quantitative estimate of drug-likeness (QED) is 0.324. The molecule has 0 bridgehead atoms. The highest BCUT2D eigenvalue weighted by molar-refractivity contribution is 7.18. The van der Waals surface area contributed by atoms with Crippen molar-refractivity contribution in [2.75, 3.05) is 5.43 Å². The van der Waals surface area contributed by atoms with Crippen molar-refractivity contribution in [2.45, 2.75) is 32.2 Å². The van der Waals surface area contributed by atoms with Crippen molar-refractivity contribution >= 4 is 45.3 Å². The minimum Gasteiger partial charge on any atom is -0.272 e. The van der Waals surface area contributed by atoms with Gasteiger partial charge in [0.1, 0.15) is 4.83 Å². The Balaban J connectivity index is 1.57. The Morgan fingerprint density at radius 1 is 1.10 bits per heavy atom. The van der Waals surface area contributed by atoms with E-state index in [1.807, 2.05) is 54.6 Å². The first-order chi connectivity index (χ1) is 15.2. The van der Waals surface area contributed by atoms with Crippen LogP contribution in [-0.2, 0) is 19.4 Å². The molecule has 0 saturated carbocycles. The van der Waals surface area contributed by atoms with Crippen LogP contribution in [0.25, 0.3) is 10.2 Å². The largest absolute Gasteiger partial charge is 0.272 e. The van der Waals surface area contributed by atoms with Crippen LogP contribution in [-0.4, -0.2) is 15.8 Å². The van der Waals surface area contributed by atoms with Crippen LogP contribution in [0.3, 0.4) is 0 Å². The van der Waals surface area contributed by atoms with E-state index in [1.54, 1.807) is 22.1 Å². The Kier molecular flexibility index (Phi) is 5.57. The number of rotatable bonds is 5. The average molecular weight is 449 g/mol. The van der Waals surface area contributed by atoms with E-state index in [9.17, 15) is 4.79 Å². The Labute approximate surface area is 189 Å². The second-order valence-electron chi connectivity index (χ2n) is 7.62. The molecule has 0 radical (unpaired) electrons. The van der Waals surface area contributed by atoms with Crippen LogP contribution >= 0.6 is 22.9 Å². The molecule has 5 nitrogen and oxygen atoms in total. The molecule has 0 fully saturated rings. The minimum absolute atomic E-state index is 0.00236. The minimum atomic E-state index is -0.00236. The summed E-state index contributed by atoms with van der Waals surface area (Å²) in [5.41, 5.74) is 6.14. The summed E-state index contributed by atoms with van der Waals surface area (Å²) in [6.45, 7) is 0.437. The number of fused-ring (bicyclic) bond motifs is 3. The van der Waals surface area contributed by atoms with Crippen LogP contribution in [0.15, 0.2) is 64.5 Å². The van der Waals surface area contributed by atoms with Gasteiger partial charge in [0.05, 0.1) is 18.1 Å². The number of nitrogens with zero attached hydrogens (tertiary/aromatic N) is 3. The van der Waals surface area contributed by atoms with E-state index < -0.39 is 0 Å². The normalized spacial score (nSPS) is 13.6. The van der Waals surface area contributed by atoms with Gasteiger partial charge in [-0.05, 0) is 54.5 Å². The van der Waals surface area contributed by atoms with E-state index >= 15 is 0 Å². The lowest BCUT2D eigenvalue weighted by Crippen LogP contribution is -2.25. The molecule has 1 N–H and O–H groups in total. The lowest BCUT2D eigenvalue weighted by Gasteiger charge is -2.13. The third-order valence-electron chi connectivity index (χ3n) is 5.51. The van der Waals surface area contributed by atoms with Crippen molar-refractivity contribution in [3.8, 4) is 0 Å². The predicted octanol–water partition coefficient (Wildman–Crippen LogP) is 5.48. The fourth-order valence-corrected chi connectivity index (χ4v) is 5.33. The van der Waals surface area contributed by atoms with Gasteiger partial charge in [0, 0.05) is 9.90 Å². The summed E-state index contributed by atoms with van der Waals surface area (Å²) in [5, 5.41) is 5.79. The van der Waals surface area contributed by atoms with Gasteiger partial charge >= 0.3 is 0 Å². The number of halogens is 1. The van der Waals surface area contributed by atoms with Gasteiger partial charge in [-0.2, -0.15) is 5.10 Å². The van der Waals surface area contributed by atoms with E-state index in [0.29, 0.717) is 17.5 Å². The van der Waals surface area contributed by atoms with Gasteiger partial charge in [-0.25, -0.2) is 10.4 Å². The lowest BCUT2D eigenvalue weighted by atomic mass is 9.97. The second kappa shape index (κ2) is 8.65. The highest BCUT2D eigenvalue weighted by Crippen LogP contribution is 2.34. The van der Waals surface area contributed by atoms with Gasteiger partial charge in [0.25, 0.3) is 5.56 Å². The maximum absolute atomic E-state index is 13.6. The van der Waals surface area contributed by atoms with E-state index in [1.165, 1.54) is 16.9 Å². The van der Waals surface area contributed by atoms with Crippen LogP contribution in [0.2, 0.25) is 5.02 Å². The molecule has 2 heterocycles. The molecule has 0 unspecified atom stereocenters. The maximum atomic E-state index is 13.6. The molecule has 0 atom stereocenters. The topological polar surface area (TPSA) is 59.3 Å². The van der Waals surface area contributed by atoms with Gasteiger partial charge in [0.15, 0.2) is 0 Å². The molecule has 156 valence electrons. The van der Waals surface area contributed by atoms with Gasteiger partial charge in [0.2, 0.25) is 5.95 Å². The highest BCUT2D eigenvalue weighted by atomic mass is 35.5. The van der Waals surface area contributed by atoms with Gasteiger partial charge < -0.3 is 0 Å². The highest BCUT2D eigenvalue weighted by Gasteiger charge is 2.22. The number of aryl methyl sites for hydroxylation is 2. The van der Waals surface area contributed by atoms with Crippen LogP contribution in [0.5, 0.6) is 0 Å². The monoisotopic (exact) mass is 448 g/mol. The Hall–Kier alpha value is -2.96. The number of hydrogen-bond acceptors (Lipinski definition) is 5. The van der Waals surface area contributed by atoms with E-state index in [0.717, 1.165) is 40.6 Å². The summed E-state index contributed by atoms with van der Waals surface area (Å²) in [4.78, 5) is 20.5. The molecular formula is C24H21ClN4OS. The standard InChI is InChI=1S/C24H21ClN4OS/c25-18-12-10-16(11-13-18)14-26-28-24-27-22-21(19-8-4-5-9-20(19)31-22)23(30)29(24)15-17-6-2-1-3-7-17/h1-3,6-7,10-14H,4-5,8-9,15H2,(H,27,28)/b26-14-.